The molecule has 0 aliphatic rings. The predicted molar refractivity (Wildman–Crippen MR) is 65.7 cm³/mol. The Morgan fingerprint density at radius 2 is 2.00 bits per heavy atom. The maximum Gasteiger partial charge on any atom is 0.345 e. The van der Waals surface area contributed by atoms with Gasteiger partial charge in [-0.25, -0.2) is 9.18 Å². The minimum atomic E-state index is -0.969. The first-order chi connectivity index (χ1) is 8.09. The summed E-state index contributed by atoms with van der Waals surface area (Å²) in [6.07, 6.45) is 0. The monoisotopic (exact) mass is 251 g/mol. The summed E-state index contributed by atoms with van der Waals surface area (Å²) in [6, 6.07) is 9.55. The normalized spacial score (nSPS) is 10.2. The van der Waals surface area contributed by atoms with Crippen LogP contribution in [0.3, 0.4) is 0 Å². The molecule has 0 spiro atoms. The second-order valence-corrected chi connectivity index (χ2v) is 4.52. The molecule has 2 rings (SSSR count). The number of nitrogens with zero attached hydrogens (tertiary/aromatic N) is 1. The fraction of sp³-hybridized carbons (Fsp3) is 0.0833. The van der Waals surface area contributed by atoms with E-state index in [1.165, 1.54) is 12.1 Å². The minimum Gasteiger partial charge on any atom is -0.477 e. The number of rotatable bonds is 3. The summed E-state index contributed by atoms with van der Waals surface area (Å²) in [5.41, 5.74) is 0.422. The number of carboxylic acid groups (broad SMARTS) is 1. The molecule has 88 valence electrons. The van der Waals surface area contributed by atoms with E-state index < -0.39 is 5.97 Å². The Labute approximate surface area is 102 Å². The third-order valence-corrected chi connectivity index (χ3v) is 3.50. The molecule has 0 bridgehead atoms. The maximum absolute atomic E-state index is 13.5. The molecule has 0 aliphatic heterocycles. The summed E-state index contributed by atoms with van der Waals surface area (Å²) in [6.45, 7) is 0. The van der Waals surface area contributed by atoms with E-state index in [1.54, 1.807) is 36.2 Å². The zero-order valence-electron chi connectivity index (χ0n) is 9.05. The number of aromatic carboxylic acids is 1. The molecule has 1 aromatic carbocycles. The SMILES string of the molecule is CN(c1ccc(C(=O)O)s1)c1ccccc1F. The van der Waals surface area contributed by atoms with Gasteiger partial charge in [0.1, 0.15) is 10.7 Å². The molecular weight excluding hydrogens is 241 g/mol. The zero-order chi connectivity index (χ0) is 12.4. The van der Waals surface area contributed by atoms with Gasteiger partial charge >= 0.3 is 5.97 Å². The number of para-hydroxylation sites is 1. The summed E-state index contributed by atoms with van der Waals surface area (Å²) in [5, 5.41) is 9.51. The highest BCUT2D eigenvalue weighted by molar-refractivity contribution is 7.17. The summed E-state index contributed by atoms with van der Waals surface area (Å²) in [5.74, 6) is -1.30. The van der Waals surface area contributed by atoms with E-state index in [4.69, 9.17) is 5.11 Å². The molecule has 5 heteroatoms. The molecule has 3 nitrogen and oxygen atoms in total. The number of thiophene rings is 1. The lowest BCUT2D eigenvalue weighted by Crippen LogP contribution is -2.09. The van der Waals surface area contributed by atoms with E-state index >= 15 is 0 Å². The van der Waals surface area contributed by atoms with Crippen LogP contribution in [0.1, 0.15) is 9.67 Å². The van der Waals surface area contributed by atoms with Crippen molar-refractivity contribution in [1.29, 1.82) is 0 Å². The predicted octanol–water partition coefficient (Wildman–Crippen LogP) is 3.35. The van der Waals surface area contributed by atoms with Gasteiger partial charge in [-0.05, 0) is 24.3 Å². The van der Waals surface area contributed by atoms with Crippen LogP contribution in [0, 0.1) is 5.82 Å². The highest BCUT2D eigenvalue weighted by Crippen LogP contribution is 2.31. The van der Waals surface area contributed by atoms with Gasteiger partial charge in [0.15, 0.2) is 0 Å². The van der Waals surface area contributed by atoms with Gasteiger partial charge in [-0.1, -0.05) is 12.1 Å². The van der Waals surface area contributed by atoms with Gasteiger partial charge in [-0.3, -0.25) is 0 Å². The van der Waals surface area contributed by atoms with Gasteiger partial charge in [0.05, 0.1) is 10.7 Å². The number of hydrogen-bond donors (Lipinski definition) is 1. The number of anilines is 2. The Hall–Kier alpha value is -1.88. The Morgan fingerprint density at radius 1 is 1.29 bits per heavy atom. The van der Waals surface area contributed by atoms with Crippen LogP contribution in [0.5, 0.6) is 0 Å². The summed E-state index contributed by atoms with van der Waals surface area (Å²) >= 11 is 1.11. The largest absolute Gasteiger partial charge is 0.477 e. The molecule has 0 aliphatic carbocycles. The Kier molecular flexibility index (Phi) is 3.10. The van der Waals surface area contributed by atoms with E-state index in [0.717, 1.165) is 11.3 Å². The van der Waals surface area contributed by atoms with Crippen LogP contribution >= 0.6 is 11.3 Å². The van der Waals surface area contributed by atoms with Crippen molar-refractivity contribution in [3.05, 3.63) is 47.1 Å². The number of halogens is 1. The molecule has 0 saturated carbocycles. The summed E-state index contributed by atoms with van der Waals surface area (Å²) in [7, 11) is 1.70. The molecule has 1 aromatic heterocycles. The number of benzene rings is 1. The molecule has 1 N–H and O–H groups in total. The second kappa shape index (κ2) is 4.55. The molecule has 0 saturated heterocycles. The van der Waals surface area contributed by atoms with Gasteiger partial charge in [-0.2, -0.15) is 0 Å². The molecular formula is C12H10FNO2S. The van der Waals surface area contributed by atoms with Crippen molar-refractivity contribution >= 4 is 28.0 Å². The van der Waals surface area contributed by atoms with Crippen molar-refractivity contribution < 1.29 is 14.3 Å². The third-order valence-electron chi connectivity index (χ3n) is 2.35. The minimum absolute atomic E-state index is 0.239. The maximum atomic E-state index is 13.5. The van der Waals surface area contributed by atoms with Crippen LogP contribution in [0.2, 0.25) is 0 Å². The summed E-state index contributed by atoms with van der Waals surface area (Å²) in [4.78, 5) is 12.6. The highest BCUT2D eigenvalue weighted by atomic mass is 32.1. The van der Waals surface area contributed by atoms with Crippen molar-refractivity contribution in [1.82, 2.24) is 0 Å². The van der Waals surface area contributed by atoms with E-state index in [9.17, 15) is 9.18 Å². The van der Waals surface area contributed by atoms with E-state index in [0.29, 0.717) is 10.7 Å². The van der Waals surface area contributed by atoms with Gasteiger partial charge in [-0.15, -0.1) is 11.3 Å². The van der Waals surface area contributed by atoms with Gasteiger partial charge in [0.25, 0.3) is 0 Å². The van der Waals surface area contributed by atoms with Crippen LogP contribution in [-0.4, -0.2) is 18.1 Å². The molecule has 0 radical (unpaired) electrons. The van der Waals surface area contributed by atoms with Gasteiger partial charge < -0.3 is 10.0 Å². The molecule has 17 heavy (non-hydrogen) atoms. The van der Waals surface area contributed by atoms with Crippen molar-refractivity contribution in [2.24, 2.45) is 0 Å². The van der Waals surface area contributed by atoms with Crippen LogP contribution in [-0.2, 0) is 0 Å². The average Bonchev–Trinajstić information content (AvgIpc) is 2.78. The lowest BCUT2D eigenvalue weighted by molar-refractivity contribution is 0.0702. The van der Waals surface area contributed by atoms with E-state index in [2.05, 4.69) is 0 Å². The first-order valence-electron chi connectivity index (χ1n) is 4.91. The van der Waals surface area contributed by atoms with Crippen molar-refractivity contribution in [3.8, 4) is 0 Å². The quantitative estimate of drug-likeness (QED) is 0.909. The third kappa shape index (κ3) is 2.29. The zero-order valence-corrected chi connectivity index (χ0v) is 9.87. The van der Waals surface area contributed by atoms with Crippen molar-refractivity contribution in [2.45, 2.75) is 0 Å². The fourth-order valence-corrected chi connectivity index (χ4v) is 2.29. The van der Waals surface area contributed by atoms with Crippen molar-refractivity contribution in [2.75, 3.05) is 11.9 Å². The molecule has 0 atom stereocenters. The number of hydrogen-bond acceptors (Lipinski definition) is 3. The standard InChI is InChI=1S/C12H10FNO2S/c1-14(9-5-3-2-4-8(9)13)11-7-6-10(17-11)12(15)16/h2-7H,1H3,(H,15,16). The Morgan fingerprint density at radius 3 is 2.59 bits per heavy atom. The van der Waals surface area contributed by atoms with Crippen LogP contribution in [0.15, 0.2) is 36.4 Å². The lowest BCUT2D eigenvalue weighted by Gasteiger charge is -2.17. The van der Waals surface area contributed by atoms with Crippen LogP contribution < -0.4 is 4.90 Å². The molecule has 0 amide bonds. The molecule has 1 heterocycles. The molecule has 2 aromatic rings. The van der Waals surface area contributed by atoms with Gasteiger partial charge in [0, 0.05) is 7.05 Å². The second-order valence-electron chi connectivity index (χ2n) is 3.45. The smallest absolute Gasteiger partial charge is 0.345 e. The fourth-order valence-electron chi connectivity index (χ4n) is 1.47. The molecule has 0 fully saturated rings. The first-order valence-corrected chi connectivity index (χ1v) is 5.72. The summed E-state index contributed by atoms with van der Waals surface area (Å²) < 4.78 is 13.5. The lowest BCUT2D eigenvalue weighted by atomic mass is 10.3. The van der Waals surface area contributed by atoms with E-state index in [-0.39, 0.29) is 10.7 Å². The average molecular weight is 251 g/mol. The van der Waals surface area contributed by atoms with Crippen LogP contribution in [0.25, 0.3) is 0 Å². The number of carboxylic acids is 1. The highest BCUT2D eigenvalue weighted by Gasteiger charge is 2.13. The number of carbonyl (C=O) groups is 1. The Balaban J connectivity index is 2.34. The van der Waals surface area contributed by atoms with Crippen LogP contribution in [0.4, 0.5) is 15.1 Å². The topological polar surface area (TPSA) is 40.5 Å². The first kappa shape index (κ1) is 11.6. The van der Waals surface area contributed by atoms with E-state index in [1.807, 2.05) is 0 Å². The molecule has 0 unspecified atom stereocenters. The van der Waals surface area contributed by atoms with Gasteiger partial charge in [0.2, 0.25) is 0 Å². The Bertz CT molecular complexity index is 553. The van der Waals surface area contributed by atoms with Crippen molar-refractivity contribution in [3.63, 3.8) is 0 Å².